The molecule has 4 nitrogen and oxygen atoms in total. The maximum absolute atomic E-state index is 12.8. The Balaban J connectivity index is 3.17. The lowest BCUT2D eigenvalue weighted by Gasteiger charge is -2.00. The molecule has 0 amide bonds. The van der Waals surface area contributed by atoms with Gasteiger partial charge in [0, 0.05) is 5.56 Å². The van der Waals surface area contributed by atoms with Crippen molar-refractivity contribution in [2.45, 2.75) is 6.42 Å². The van der Waals surface area contributed by atoms with Crippen LogP contribution >= 0.6 is 0 Å². The average molecular weight is 212 g/mol. The van der Waals surface area contributed by atoms with Crippen LogP contribution in [0.15, 0.2) is 12.1 Å². The highest BCUT2D eigenvalue weighted by Gasteiger charge is 2.18. The molecule has 0 atom stereocenters. The summed E-state index contributed by atoms with van der Waals surface area (Å²) in [6, 6.07) is 1.30. The van der Waals surface area contributed by atoms with Crippen molar-refractivity contribution in [1.82, 2.24) is 0 Å². The Bertz CT molecular complexity index is 440. The molecular formula is C9H6F2N2O2. The number of rotatable bonds is 3. The van der Waals surface area contributed by atoms with Gasteiger partial charge in [0.1, 0.15) is 0 Å². The highest BCUT2D eigenvalue weighted by atomic mass is 19.2. The van der Waals surface area contributed by atoms with Gasteiger partial charge in [-0.1, -0.05) is 0 Å². The molecule has 0 N–H and O–H groups in total. The Morgan fingerprint density at radius 3 is 2.53 bits per heavy atom. The largest absolute Gasteiger partial charge is 0.317 e. The van der Waals surface area contributed by atoms with E-state index >= 15 is 0 Å². The van der Waals surface area contributed by atoms with E-state index in [0.717, 1.165) is 6.07 Å². The fourth-order valence-electron chi connectivity index (χ4n) is 1.12. The molecule has 0 spiro atoms. The van der Waals surface area contributed by atoms with E-state index in [1.165, 1.54) is 0 Å². The molecule has 78 valence electrons. The molecule has 6 heteroatoms. The number of nitrogens with zero attached hydrogens (tertiary/aromatic N) is 2. The molecule has 1 rings (SSSR count). The van der Waals surface area contributed by atoms with Crippen molar-refractivity contribution >= 4 is 5.69 Å². The second-order valence-electron chi connectivity index (χ2n) is 2.78. The van der Waals surface area contributed by atoms with Crippen LogP contribution in [0.4, 0.5) is 14.5 Å². The Hall–Kier alpha value is -2.03. The first kappa shape index (κ1) is 11.0. The van der Waals surface area contributed by atoms with Gasteiger partial charge in [-0.3, -0.25) is 10.1 Å². The van der Waals surface area contributed by atoms with Crippen molar-refractivity contribution in [3.8, 4) is 0 Å². The summed E-state index contributed by atoms with van der Waals surface area (Å²) in [6.45, 7) is 6.52. The number of hydrogen-bond acceptors (Lipinski definition) is 2. The van der Waals surface area contributed by atoms with Gasteiger partial charge in [0.25, 0.3) is 5.69 Å². The molecule has 1 aromatic carbocycles. The molecule has 0 saturated carbocycles. The molecular weight excluding hydrogens is 206 g/mol. The SMILES string of the molecule is [C-]#[N+]CCc1cc(F)c(F)cc1[N+](=O)[O-]. The highest BCUT2D eigenvalue weighted by Crippen LogP contribution is 2.22. The van der Waals surface area contributed by atoms with E-state index in [-0.39, 0.29) is 18.5 Å². The van der Waals surface area contributed by atoms with Gasteiger partial charge in [0.15, 0.2) is 11.6 Å². The smallest absolute Gasteiger partial charge is 0.276 e. The van der Waals surface area contributed by atoms with Crippen molar-refractivity contribution in [2.75, 3.05) is 6.54 Å². The standard InChI is InChI=1S/C9H6F2N2O2/c1-12-3-2-6-4-7(10)8(11)5-9(6)13(14)15/h4-5H,2-3H2. The van der Waals surface area contributed by atoms with Gasteiger partial charge in [-0.25, -0.2) is 15.4 Å². The fraction of sp³-hybridized carbons (Fsp3) is 0.222. The summed E-state index contributed by atoms with van der Waals surface area (Å²) in [7, 11) is 0. The summed E-state index contributed by atoms with van der Waals surface area (Å²) in [5, 5.41) is 10.5. The molecule has 0 aliphatic carbocycles. The summed E-state index contributed by atoms with van der Waals surface area (Å²) in [5.41, 5.74) is -0.451. The summed E-state index contributed by atoms with van der Waals surface area (Å²) >= 11 is 0. The van der Waals surface area contributed by atoms with Crippen LogP contribution in [0.25, 0.3) is 4.85 Å². The molecule has 15 heavy (non-hydrogen) atoms. The molecule has 0 aliphatic rings. The normalized spacial score (nSPS) is 9.67. The number of nitro benzene ring substituents is 1. The van der Waals surface area contributed by atoms with E-state index in [1.54, 1.807) is 0 Å². The quantitative estimate of drug-likeness (QED) is 0.438. The Labute approximate surface area is 84.1 Å². The molecule has 0 saturated heterocycles. The predicted octanol–water partition coefficient (Wildman–Crippen LogP) is 2.33. The summed E-state index contributed by atoms with van der Waals surface area (Å²) in [5.74, 6) is -2.39. The van der Waals surface area contributed by atoms with Crippen LogP contribution in [0.1, 0.15) is 5.56 Å². The van der Waals surface area contributed by atoms with Crippen LogP contribution in [0.5, 0.6) is 0 Å². The zero-order valence-electron chi connectivity index (χ0n) is 7.54. The first-order valence-corrected chi connectivity index (χ1v) is 4.01. The minimum Gasteiger partial charge on any atom is -0.317 e. The van der Waals surface area contributed by atoms with Crippen molar-refractivity contribution in [2.24, 2.45) is 0 Å². The molecule has 0 heterocycles. The number of nitro groups is 1. The van der Waals surface area contributed by atoms with Crippen LogP contribution in [-0.2, 0) is 6.42 Å². The van der Waals surface area contributed by atoms with E-state index in [1.807, 2.05) is 0 Å². The van der Waals surface area contributed by atoms with E-state index in [0.29, 0.717) is 6.07 Å². The molecule has 0 radical (unpaired) electrons. The molecule has 0 bridgehead atoms. The first-order chi connectivity index (χ1) is 7.06. The highest BCUT2D eigenvalue weighted by molar-refractivity contribution is 5.41. The maximum atomic E-state index is 12.8. The van der Waals surface area contributed by atoms with Gasteiger partial charge in [-0.05, 0) is 6.07 Å². The number of hydrogen-bond donors (Lipinski definition) is 0. The van der Waals surface area contributed by atoms with Crippen LogP contribution in [-0.4, -0.2) is 11.5 Å². The van der Waals surface area contributed by atoms with Crippen LogP contribution in [0.2, 0.25) is 0 Å². The van der Waals surface area contributed by atoms with E-state index in [2.05, 4.69) is 4.85 Å². The van der Waals surface area contributed by atoms with Gasteiger partial charge >= 0.3 is 0 Å². The van der Waals surface area contributed by atoms with Gasteiger partial charge in [0.2, 0.25) is 6.54 Å². The third-order valence-electron chi connectivity index (χ3n) is 1.81. The molecule has 0 unspecified atom stereocenters. The fourth-order valence-corrected chi connectivity index (χ4v) is 1.12. The predicted molar refractivity (Wildman–Crippen MR) is 48.2 cm³/mol. The topological polar surface area (TPSA) is 47.5 Å². The Morgan fingerprint density at radius 2 is 2.00 bits per heavy atom. The lowest BCUT2D eigenvalue weighted by molar-refractivity contribution is -0.385. The molecule has 0 fully saturated rings. The van der Waals surface area contributed by atoms with Crippen molar-refractivity contribution in [3.05, 3.63) is 50.9 Å². The van der Waals surface area contributed by atoms with Gasteiger partial charge in [0.05, 0.1) is 17.4 Å². The van der Waals surface area contributed by atoms with Crippen LogP contribution in [0.3, 0.4) is 0 Å². The summed E-state index contributed by atoms with van der Waals surface area (Å²) in [4.78, 5) is 12.7. The van der Waals surface area contributed by atoms with Crippen molar-refractivity contribution in [1.29, 1.82) is 0 Å². The summed E-state index contributed by atoms with van der Waals surface area (Å²) < 4.78 is 25.5. The average Bonchev–Trinajstić information content (AvgIpc) is 2.19. The second-order valence-corrected chi connectivity index (χ2v) is 2.78. The first-order valence-electron chi connectivity index (χ1n) is 4.01. The second kappa shape index (κ2) is 4.46. The monoisotopic (exact) mass is 212 g/mol. The third-order valence-corrected chi connectivity index (χ3v) is 1.81. The molecule has 1 aromatic rings. The van der Waals surface area contributed by atoms with E-state index in [4.69, 9.17) is 6.57 Å². The van der Waals surface area contributed by atoms with E-state index < -0.39 is 22.2 Å². The minimum atomic E-state index is -1.26. The number of benzene rings is 1. The lowest BCUT2D eigenvalue weighted by atomic mass is 10.1. The third kappa shape index (κ3) is 2.47. The Kier molecular flexibility index (Phi) is 3.29. The Morgan fingerprint density at radius 1 is 1.40 bits per heavy atom. The minimum absolute atomic E-state index is 0.00587. The zero-order valence-corrected chi connectivity index (χ0v) is 7.54. The van der Waals surface area contributed by atoms with Gasteiger partial charge in [-0.15, -0.1) is 0 Å². The van der Waals surface area contributed by atoms with Crippen LogP contribution in [0, 0.1) is 28.3 Å². The van der Waals surface area contributed by atoms with Crippen molar-refractivity contribution in [3.63, 3.8) is 0 Å². The van der Waals surface area contributed by atoms with Crippen molar-refractivity contribution < 1.29 is 13.7 Å². The number of halogens is 2. The van der Waals surface area contributed by atoms with Crippen LogP contribution < -0.4 is 0 Å². The molecule has 0 aliphatic heterocycles. The summed E-state index contributed by atoms with van der Waals surface area (Å²) in [6.07, 6.45) is 0.0387. The lowest BCUT2D eigenvalue weighted by Crippen LogP contribution is -2.00. The van der Waals surface area contributed by atoms with E-state index in [9.17, 15) is 18.9 Å². The van der Waals surface area contributed by atoms with Gasteiger partial charge in [-0.2, -0.15) is 0 Å². The van der Waals surface area contributed by atoms with Gasteiger partial charge < -0.3 is 4.85 Å². The maximum Gasteiger partial charge on any atom is 0.276 e. The molecule has 0 aromatic heterocycles. The zero-order chi connectivity index (χ0) is 11.4.